The second-order valence-corrected chi connectivity index (χ2v) is 6.69. The number of hydrogen-bond donors (Lipinski definition) is 3. The quantitative estimate of drug-likeness (QED) is 0.585. The Hall–Kier alpha value is -2.78. The highest BCUT2D eigenvalue weighted by Crippen LogP contribution is 2.21. The number of nitrogens with zero attached hydrogens (tertiary/aromatic N) is 3. The second-order valence-electron chi connectivity index (χ2n) is 5.84. The first kappa shape index (κ1) is 18.0. The summed E-state index contributed by atoms with van der Waals surface area (Å²) >= 11 is 1.29. The number of H-pyrrole nitrogens is 1. The number of thiazole rings is 1. The lowest BCUT2D eigenvalue weighted by molar-refractivity contribution is 0.0912. The molecule has 136 valence electrons. The number of aliphatic hydroxyl groups excluding tert-OH is 1. The highest BCUT2D eigenvalue weighted by Gasteiger charge is 2.15. The van der Waals surface area contributed by atoms with Crippen LogP contribution in [-0.2, 0) is 0 Å². The molecule has 0 aliphatic carbocycles. The number of benzene rings is 1. The molecule has 3 N–H and O–H groups in total. The number of amides is 1. The van der Waals surface area contributed by atoms with Crippen LogP contribution in [0.25, 0.3) is 10.8 Å². The molecular formula is C17H19N5O3S. The van der Waals surface area contributed by atoms with Crippen molar-refractivity contribution in [3.8, 4) is 16.6 Å². The minimum atomic E-state index is -0.845. The molecule has 26 heavy (non-hydrogen) atoms. The van der Waals surface area contributed by atoms with Crippen LogP contribution in [0.1, 0.15) is 36.0 Å². The summed E-state index contributed by atoms with van der Waals surface area (Å²) in [6.45, 7) is 3.94. The average Bonchev–Trinajstić information content (AvgIpc) is 3.30. The van der Waals surface area contributed by atoms with E-state index in [0.717, 1.165) is 0 Å². The number of nitrogens with one attached hydrogen (secondary N) is 2. The Morgan fingerprint density at radius 3 is 3.00 bits per heavy atom. The van der Waals surface area contributed by atoms with E-state index < -0.39 is 6.10 Å². The van der Waals surface area contributed by atoms with Crippen LogP contribution in [0, 0.1) is 0 Å². The topological polar surface area (TPSA) is 113 Å². The fourth-order valence-electron chi connectivity index (χ4n) is 2.26. The zero-order valence-corrected chi connectivity index (χ0v) is 15.2. The third-order valence-electron chi connectivity index (χ3n) is 3.43. The Balaban J connectivity index is 1.59. The van der Waals surface area contributed by atoms with Crippen molar-refractivity contribution >= 4 is 17.2 Å². The summed E-state index contributed by atoms with van der Waals surface area (Å²) in [4.78, 5) is 20.4. The van der Waals surface area contributed by atoms with Gasteiger partial charge in [-0.3, -0.25) is 9.89 Å². The number of carbonyl (C=O) groups is 1. The summed E-state index contributed by atoms with van der Waals surface area (Å²) in [6, 6.07) is 7.19. The van der Waals surface area contributed by atoms with Crippen LogP contribution in [-0.4, -0.2) is 43.8 Å². The van der Waals surface area contributed by atoms with Crippen LogP contribution >= 0.6 is 11.3 Å². The molecule has 0 bridgehead atoms. The molecule has 0 fully saturated rings. The Morgan fingerprint density at radius 1 is 1.42 bits per heavy atom. The van der Waals surface area contributed by atoms with Gasteiger partial charge in [-0.2, -0.15) is 5.10 Å². The summed E-state index contributed by atoms with van der Waals surface area (Å²) < 4.78 is 5.62. The van der Waals surface area contributed by atoms with E-state index in [1.807, 2.05) is 26.0 Å². The Bertz CT molecular complexity index is 863. The van der Waals surface area contributed by atoms with Crippen molar-refractivity contribution in [2.45, 2.75) is 26.1 Å². The number of aromatic nitrogens is 4. The maximum atomic E-state index is 12.2. The molecule has 2 heterocycles. The first-order valence-corrected chi connectivity index (χ1v) is 8.95. The molecule has 1 aromatic carbocycles. The number of hydrogen-bond acceptors (Lipinski definition) is 7. The third kappa shape index (κ3) is 4.44. The van der Waals surface area contributed by atoms with Gasteiger partial charge in [0.05, 0.1) is 12.2 Å². The molecule has 8 nitrogen and oxygen atoms in total. The molecule has 0 aliphatic rings. The van der Waals surface area contributed by atoms with E-state index in [4.69, 9.17) is 4.74 Å². The van der Waals surface area contributed by atoms with Gasteiger partial charge in [0.2, 0.25) is 0 Å². The summed E-state index contributed by atoms with van der Waals surface area (Å²) in [5.74, 6) is 0.829. The molecule has 9 heteroatoms. The summed E-state index contributed by atoms with van der Waals surface area (Å²) in [5, 5.41) is 21.7. The van der Waals surface area contributed by atoms with Gasteiger partial charge >= 0.3 is 0 Å². The fraction of sp³-hybridized carbons (Fsp3) is 0.294. The van der Waals surface area contributed by atoms with Crippen LogP contribution in [0.3, 0.4) is 0 Å². The van der Waals surface area contributed by atoms with E-state index in [1.165, 1.54) is 17.7 Å². The summed E-state index contributed by atoms with van der Waals surface area (Å²) in [5.41, 5.74) is 0.939. The Labute approximate surface area is 154 Å². The number of carbonyl (C=O) groups excluding carboxylic acids is 1. The number of aromatic amines is 1. The van der Waals surface area contributed by atoms with Gasteiger partial charge in [0.25, 0.3) is 5.91 Å². The lowest BCUT2D eigenvalue weighted by atomic mass is 10.1. The van der Waals surface area contributed by atoms with E-state index >= 15 is 0 Å². The Kier molecular flexibility index (Phi) is 5.59. The van der Waals surface area contributed by atoms with Crippen molar-refractivity contribution in [3.63, 3.8) is 0 Å². The standard InChI is InChI=1S/C17H19N5O3S/c1-10(2)25-12-5-3-4-11(6-12)14(23)7-18-16(24)13-8-26-17(21-13)15-19-9-20-22-15/h3-6,8-10,14,23H,7H2,1-2H3,(H,18,24)(H,19,20,22). The molecule has 1 unspecified atom stereocenters. The van der Waals surface area contributed by atoms with Crippen LogP contribution in [0.2, 0.25) is 0 Å². The molecule has 2 aromatic heterocycles. The molecule has 0 spiro atoms. The van der Waals surface area contributed by atoms with Crippen molar-refractivity contribution in [2.24, 2.45) is 0 Å². The highest BCUT2D eigenvalue weighted by molar-refractivity contribution is 7.13. The lowest BCUT2D eigenvalue weighted by Crippen LogP contribution is -2.28. The zero-order valence-electron chi connectivity index (χ0n) is 14.3. The minimum Gasteiger partial charge on any atom is -0.491 e. The first-order chi connectivity index (χ1) is 12.5. The predicted molar refractivity (Wildman–Crippen MR) is 97.0 cm³/mol. The van der Waals surface area contributed by atoms with Crippen LogP contribution < -0.4 is 10.1 Å². The van der Waals surface area contributed by atoms with Crippen molar-refractivity contribution in [3.05, 3.63) is 47.2 Å². The van der Waals surface area contributed by atoms with Crippen molar-refractivity contribution in [1.82, 2.24) is 25.5 Å². The molecule has 0 aliphatic heterocycles. The predicted octanol–water partition coefficient (Wildman–Crippen LogP) is 2.18. The Morgan fingerprint density at radius 2 is 2.27 bits per heavy atom. The van der Waals surface area contributed by atoms with Gasteiger partial charge in [0, 0.05) is 11.9 Å². The SMILES string of the molecule is CC(C)Oc1cccc(C(O)CNC(=O)c2csc(-c3ncn[nH]3)n2)c1. The van der Waals surface area contributed by atoms with Gasteiger partial charge in [-0.15, -0.1) is 11.3 Å². The monoisotopic (exact) mass is 373 g/mol. The molecule has 3 aromatic rings. The largest absolute Gasteiger partial charge is 0.491 e. The molecule has 0 saturated heterocycles. The van der Waals surface area contributed by atoms with E-state index in [2.05, 4.69) is 25.5 Å². The van der Waals surface area contributed by atoms with Crippen LogP contribution in [0.4, 0.5) is 0 Å². The van der Waals surface area contributed by atoms with E-state index in [0.29, 0.717) is 22.1 Å². The van der Waals surface area contributed by atoms with Crippen LogP contribution in [0.15, 0.2) is 36.0 Å². The third-order valence-corrected chi connectivity index (χ3v) is 4.27. The molecule has 0 radical (unpaired) electrons. The van der Waals surface area contributed by atoms with Crippen LogP contribution in [0.5, 0.6) is 5.75 Å². The van der Waals surface area contributed by atoms with Crippen molar-refractivity contribution in [1.29, 1.82) is 0 Å². The minimum absolute atomic E-state index is 0.0466. The number of ether oxygens (including phenoxy) is 1. The normalized spacial score (nSPS) is 12.2. The number of rotatable bonds is 7. The first-order valence-electron chi connectivity index (χ1n) is 8.07. The van der Waals surface area contributed by atoms with Crippen molar-refractivity contribution in [2.75, 3.05) is 6.54 Å². The zero-order chi connectivity index (χ0) is 18.5. The van der Waals surface area contributed by atoms with Gasteiger partial charge in [0.15, 0.2) is 10.8 Å². The van der Waals surface area contributed by atoms with Gasteiger partial charge < -0.3 is 15.2 Å². The second kappa shape index (κ2) is 8.07. The molecule has 1 amide bonds. The molecule has 1 atom stereocenters. The lowest BCUT2D eigenvalue weighted by Gasteiger charge is -2.14. The fourth-order valence-corrected chi connectivity index (χ4v) is 3.00. The molecule has 3 rings (SSSR count). The van der Waals surface area contributed by atoms with E-state index in [1.54, 1.807) is 17.5 Å². The van der Waals surface area contributed by atoms with Crippen molar-refractivity contribution < 1.29 is 14.6 Å². The van der Waals surface area contributed by atoms with Gasteiger partial charge in [-0.05, 0) is 31.5 Å². The van der Waals surface area contributed by atoms with Gasteiger partial charge in [-0.1, -0.05) is 12.1 Å². The summed E-state index contributed by atoms with van der Waals surface area (Å²) in [7, 11) is 0. The summed E-state index contributed by atoms with van der Waals surface area (Å²) in [6.07, 6.45) is 0.580. The molecule has 0 saturated carbocycles. The number of aliphatic hydroxyl groups is 1. The van der Waals surface area contributed by atoms with E-state index in [-0.39, 0.29) is 24.2 Å². The maximum absolute atomic E-state index is 12.2. The maximum Gasteiger partial charge on any atom is 0.270 e. The smallest absolute Gasteiger partial charge is 0.270 e. The van der Waals surface area contributed by atoms with Gasteiger partial charge in [0.1, 0.15) is 17.8 Å². The highest BCUT2D eigenvalue weighted by atomic mass is 32.1. The van der Waals surface area contributed by atoms with E-state index in [9.17, 15) is 9.90 Å². The average molecular weight is 373 g/mol. The molecular weight excluding hydrogens is 354 g/mol. The van der Waals surface area contributed by atoms with Gasteiger partial charge in [-0.25, -0.2) is 9.97 Å².